The average molecular weight is 419 g/mol. The predicted molar refractivity (Wildman–Crippen MR) is 107 cm³/mol. The Morgan fingerprint density at radius 3 is 2.42 bits per heavy atom. The second kappa shape index (κ2) is 9.11. The maximum absolute atomic E-state index is 12.5. The zero-order valence-electron chi connectivity index (χ0n) is 15.0. The molecule has 0 heterocycles. The Kier molecular flexibility index (Phi) is 7.38. The van der Waals surface area contributed by atoms with Crippen LogP contribution in [0, 0.1) is 0 Å². The standard InChI is InChI=1S/C18H24Cl2N2O3S/c1-13(18(23)21-9-8-14-6-4-3-5-7-14)22(26(2,24)25)17-11-15(19)10-16(20)12-17/h6,10-13H,3-5,7-9H2,1-2H3,(H,21,23)/t13-/m0/s1. The van der Waals surface area contributed by atoms with Crippen LogP contribution in [0.3, 0.4) is 0 Å². The van der Waals surface area contributed by atoms with Gasteiger partial charge in [-0.25, -0.2) is 8.42 Å². The molecule has 26 heavy (non-hydrogen) atoms. The van der Waals surface area contributed by atoms with E-state index >= 15 is 0 Å². The van der Waals surface area contributed by atoms with Crippen molar-refractivity contribution in [1.29, 1.82) is 0 Å². The second-order valence-corrected chi connectivity index (χ2v) is 9.24. The molecule has 0 fully saturated rings. The first kappa shape index (κ1) is 21.1. The van der Waals surface area contributed by atoms with Crippen molar-refractivity contribution in [2.24, 2.45) is 0 Å². The number of nitrogens with zero attached hydrogens (tertiary/aromatic N) is 1. The summed E-state index contributed by atoms with van der Waals surface area (Å²) in [7, 11) is -3.70. The Hall–Kier alpha value is -1.24. The van der Waals surface area contributed by atoms with Crippen molar-refractivity contribution >= 4 is 44.8 Å². The Balaban J connectivity index is 2.09. The Bertz CT molecular complexity index is 773. The fourth-order valence-electron chi connectivity index (χ4n) is 3.10. The maximum atomic E-state index is 12.5. The first-order valence-electron chi connectivity index (χ1n) is 8.59. The molecule has 1 atom stereocenters. The second-order valence-electron chi connectivity index (χ2n) is 6.51. The van der Waals surface area contributed by atoms with E-state index in [9.17, 15) is 13.2 Å². The first-order valence-corrected chi connectivity index (χ1v) is 11.2. The van der Waals surface area contributed by atoms with Crippen molar-refractivity contribution in [2.75, 3.05) is 17.1 Å². The van der Waals surface area contributed by atoms with E-state index in [4.69, 9.17) is 23.2 Å². The van der Waals surface area contributed by atoms with Gasteiger partial charge in [-0.1, -0.05) is 34.9 Å². The predicted octanol–water partition coefficient (Wildman–Crippen LogP) is 4.15. The monoisotopic (exact) mass is 418 g/mol. The lowest BCUT2D eigenvalue weighted by atomic mass is 9.97. The molecule has 5 nitrogen and oxygen atoms in total. The normalized spacial score (nSPS) is 15.9. The summed E-state index contributed by atoms with van der Waals surface area (Å²) in [6.07, 6.45) is 8.65. The molecule has 0 unspecified atom stereocenters. The molecule has 0 radical (unpaired) electrons. The first-order chi connectivity index (χ1) is 12.2. The van der Waals surface area contributed by atoms with Crippen LogP contribution in [-0.2, 0) is 14.8 Å². The molecule has 0 aromatic heterocycles. The Morgan fingerprint density at radius 2 is 1.88 bits per heavy atom. The van der Waals surface area contributed by atoms with E-state index in [1.54, 1.807) is 6.92 Å². The highest BCUT2D eigenvalue weighted by atomic mass is 35.5. The summed E-state index contributed by atoms with van der Waals surface area (Å²) in [5, 5.41) is 3.44. The van der Waals surface area contributed by atoms with Gasteiger partial charge in [-0.05, 0) is 57.2 Å². The van der Waals surface area contributed by atoms with E-state index < -0.39 is 16.1 Å². The third kappa shape index (κ3) is 5.89. The van der Waals surface area contributed by atoms with Gasteiger partial charge in [-0.3, -0.25) is 9.10 Å². The zero-order chi connectivity index (χ0) is 19.3. The largest absolute Gasteiger partial charge is 0.354 e. The third-order valence-corrected chi connectivity index (χ3v) is 6.00. The molecule has 1 aromatic carbocycles. The van der Waals surface area contributed by atoms with Crippen LogP contribution in [0.1, 0.15) is 39.0 Å². The van der Waals surface area contributed by atoms with E-state index in [1.807, 2.05) is 0 Å². The highest BCUT2D eigenvalue weighted by Gasteiger charge is 2.29. The maximum Gasteiger partial charge on any atom is 0.243 e. The van der Waals surface area contributed by atoms with Gasteiger partial charge in [0.2, 0.25) is 15.9 Å². The number of hydrogen-bond donors (Lipinski definition) is 1. The number of allylic oxidation sites excluding steroid dienone is 1. The van der Waals surface area contributed by atoms with E-state index in [-0.39, 0.29) is 11.6 Å². The third-order valence-electron chi connectivity index (χ3n) is 4.32. The van der Waals surface area contributed by atoms with Crippen molar-refractivity contribution in [3.8, 4) is 0 Å². The number of sulfonamides is 1. The van der Waals surface area contributed by atoms with E-state index in [2.05, 4.69) is 11.4 Å². The van der Waals surface area contributed by atoms with Crippen LogP contribution in [0.5, 0.6) is 0 Å². The van der Waals surface area contributed by atoms with Crippen LogP contribution in [0.4, 0.5) is 5.69 Å². The number of carbonyl (C=O) groups is 1. The van der Waals surface area contributed by atoms with Crippen LogP contribution < -0.4 is 9.62 Å². The van der Waals surface area contributed by atoms with E-state index in [0.29, 0.717) is 16.6 Å². The lowest BCUT2D eigenvalue weighted by Gasteiger charge is -2.28. The molecule has 0 bridgehead atoms. The number of carbonyl (C=O) groups excluding carboxylic acids is 1. The molecular formula is C18H24Cl2N2O3S. The highest BCUT2D eigenvalue weighted by Crippen LogP contribution is 2.28. The summed E-state index contributed by atoms with van der Waals surface area (Å²) in [5.74, 6) is -0.358. The molecule has 8 heteroatoms. The summed E-state index contributed by atoms with van der Waals surface area (Å²) >= 11 is 12.0. The molecule has 1 aliphatic carbocycles. The number of amides is 1. The van der Waals surface area contributed by atoms with E-state index in [1.165, 1.54) is 36.6 Å². The number of anilines is 1. The van der Waals surface area contributed by atoms with Crippen LogP contribution >= 0.6 is 23.2 Å². The van der Waals surface area contributed by atoms with Gasteiger partial charge in [0, 0.05) is 16.6 Å². The van der Waals surface area contributed by atoms with Crippen molar-refractivity contribution < 1.29 is 13.2 Å². The topological polar surface area (TPSA) is 66.5 Å². The van der Waals surface area contributed by atoms with Crippen molar-refractivity contribution in [3.63, 3.8) is 0 Å². The molecular weight excluding hydrogens is 395 g/mol. The van der Waals surface area contributed by atoms with Crippen molar-refractivity contribution in [1.82, 2.24) is 5.32 Å². The van der Waals surface area contributed by atoms with Gasteiger partial charge in [0.25, 0.3) is 0 Å². The molecule has 0 aliphatic heterocycles. The van der Waals surface area contributed by atoms with Gasteiger partial charge in [0.1, 0.15) is 6.04 Å². The summed E-state index contributed by atoms with van der Waals surface area (Å²) in [6.45, 7) is 2.04. The summed E-state index contributed by atoms with van der Waals surface area (Å²) in [6, 6.07) is 3.55. The van der Waals surface area contributed by atoms with Crippen molar-refractivity contribution in [2.45, 2.75) is 45.1 Å². The molecule has 1 aliphatic rings. The smallest absolute Gasteiger partial charge is 0.243 e. The summed E-state index contributed by atoms with van der Waals surface area (Å²) < 4.78 is 25.6. The minimum atomic E-state index is -3.70. The fraction of sp³-hybridized carbons (Fsp3) is 0.500. The van der Waals surface area contributed by atoms with Crippen LogP contribution in [0.25, 0.3) is 0 Å². The lowest BCUT2D eigenvalue weighted by molar-refractivity contribution is -0.121. The van der Waals surface area contributed by atoms with Gasteiger partial charge < -0.3 is 5.32 Å². The van der Waals surface area contributed by atoms with Gasteiger partial charge in [0.05, 0.1) is 11.9 Å². The van der Waals surface area contributed by atoms with Crippen molar-refractivity contribution in [3.05, 3.63) is 39.9 Å². The minimum Gasteiger partial charge on any atom is -0.354 e. The minimum absolute atomic E-state index is 0.266. The summed E-state index contributed by atoms with van der Waals surface area (Å²) in [4.78, 5) is 12.5. The summed E-state index contributed by atoms with van der Waals surface area (Å²) in [5.41, 5.74) is 1.62. The number of rotatable bonds is 7. The molecule has 1 amide bonds. The molecule has 1 aromatic rings. The molecule has 0 spiro atoms. The lowest BCUT2D eigenvalue weighted by Crippen LogP contribution is -2.48. The number of halogens is 2. The molecule has 2 rings (SSSR count). The van der Waals surface area contributed by atoms with Crippen LogP contribution in [0.2, 0.25) is 10.0 Å². The molecule has 0 saturated carbocycles. The molecule has 144 valence electrons. The number of benzene rings is 1. The zero-order valence-corrected chi connectivity index (χ0v) is 17.3. The highest BCUT2D eigenvalue weighted by molar-refractivity contribution is 7.92. The van der Waals surface area contributed by atoms with Gasteiger partial charge in [-0.2, -0.15) is 0 Å². The Morgan fingerprint density at radius 1 is 1.23 bits per heavy atom. The fourth-order valence-corrected chi connectivity index (χ4v) is 4.77. The van der Waals surface area contributed by atoms with Crippen LogP contribution in [0.15, 0.2) is 29.8 Å². The molecule has 0 saturated heterocycles. The SMILES string of the molecule is C[C@@H](C(=O)NCCC1=CCCCC1)N(c1cc(Cl)cc(Cl)c1)S(C)(=O)=O. The Labute approximate surface area is 165 Å². The number of nitrogens with one attached hydrogen (secondary N) is 1. The van der Waals surface area contributed by atoms with Gasteiger partial charge in [-0.15, -0.1) is 0 Å². The van der Waals surface area contributed by atoms with Gasteiger partial charge in [0.15, 0.2) is 0 Å². The average Bonchev–Trinajstić information content (AvgIpc) is 2.53. The molecule has 1 N–H and O–H groups in total. The van der Waals surface area contributed by atoms with Crippen LogP contribution in [-0.4, -0.2) is 33.2 Å². The number of hydrogen-bond acceptors (Lipinski definition) is 3. The quantitative estimate of drug-likeness (QED) is 0.675. The van der Waals surface area contributed by atoms with Gasteiger partial charge >= 0.3 is 0 Å². The van der Waals surface area contributed by atoms with E-state index in [0.717, 1.165) is 29.8 Å².